The second-order valence-corrected chi connectivity index (χ2v) is 6.35. The fourth-order valence-corrected chi connectivity index (χ4v) is 3.09. The molecule has 1 aliphatic carbocycles. The molecule has 2 rings (SSSR count). The van der Waals surface area contributed by atoms with Crippen LogP contribution in [0.4, 0.5) is 0 Å². The van der Waals surface area contributed by atoms with E-state index in [1.165, 1.54) is 37.7 Å². The third-order valence-electron chi connectivity index (χ3n) is 4.65. The Morgan fingerprint density at radius 2 is 1.80 bits per heavy atom. The fraction of sp³-hybridized carbons (Fsp3) is 0.611. The zero-order valence-electron chi connectivity index (χ0n) is 13.1. The van der Waals surface area contributed by atoms with E-state index in [2.05, 4.69) is 11.9 Å². The highest BCUT2D eigenvalue weighted by molar-refractivity contribution is 5.99. The van der Waals surface area contributed by atoms with Crippen molar-refractivity contribution in [2.75, 3.05) is 13.6 Å². The van der Waals surface area contributed by atoms with Crippen molar-refractivity contribution >= 4 is 5.78 Å². The van der Waals surface area contributed by atoms with Crippen LogP contribution >= 0.6 is 0 Å². The van der Waals surface area contributed by atoms with Gasteiger partial charge in [-0.05, 0) is 39.7 Å². The summed E-state index contributed by atoms with van der Waals surface area (Å²) in [6.45, 7) is 5.14. The molecule has 1 saturated carbocycles. The molecule has 0 aliphatic heterocycles. The molecule has 0 radical (unpaired) electrons. The first kappa shape index (κ1) is 15.2. The summed E-state index contributed by atoms with van der Waals surface area (Å²) >= 11 is 0. The molecule has 1 aromatic rings. The summed E-state index contributed by atoms with van der Waals surface area (Å²) in [4.78, 5) is 14.7. The Morgan fingerprint density at radius 3 is 2.40 bits per heavy atom. The van der Waals surface area contributed by atoms with Crippen LogP contribution in [0.2, 0.25) is 0 Å². The molecule has 0 N–H and O–H groups in total. The quantitative estimate of drug-likeness (QED) is 0.753. The van der Waals surface area contributed by atoms with E-state index in [0.29, 0.717) is 0 Å². The number of benzene rings is 1. The van der Waals surface area contributed by atoms with Gasteiger partial charge in [-0.25, -0.2) is 0 Å². The maximum Gasteiger partial charge on any atom is 0.179 e. The number of carbonyl (C=O) groups is 1. The molecule has 20 heavy (non-hydrogen) atoms. The Balaban J connectivity index is 1.93. The van der Waals surface area contributed by atoms with Gasteiger partial charge < -0.3 is 0 Å². The van der Waals surface area contributed by atoms with E-state index in [-0.39, 0.29) is 11.8 Å². The van der Waals surface area contributed by atoms with Crippen LogP contribution in [0.25, 0.3) is 0 Å². The molecule has 1 aromatic carbocycles. The second kappa shape index (κ2) is 7.03. The van der Waals surface area contributed by atoms with E-state index >= 15 is 0 Å². The van der Waals surface area contributed by atoms with Gasteiger partial charge in [0.15, 0.2) is 5.78 Å². The van der Waals surface area contributed by atoms with Crippen LogP contribution in [0.3, 0.4) is 0 Å². The van der Waals surface area contributed by atoms with Crippen LogP contribution in [0.15, 0.2) is 24.3 Å². The van der Waals surface area contributed by atoms with Crippen molar-refractivity contribution in [1.29, 1.82) is 0 Å². The minimum atomic E-state index is -0.0281. The van der Waals surface area contributed by atoms with Gasteiger partial charge in [-0.2, -0.15) is 0 Å². The molecular formula is C18H27NO. The van der Waals surface area contributed by atoms with Crippen LogP contribution in [0, 0.1) is 12.8 Å². The monoisotopic (exact) mass is 273 g/mol. The summed E-state index contributed by atoms with van der Waals surface area (Å²) < 4.78 is 0. The van der Waals surface area contributed by atoms with Crippen LogP contribution in [-0.2, 0) is 0 Å². The highest BCUT2D eigenvalue weighted by Gasteiger charge is 2.23. The van der Waals surface area contributed by atoms with Gasteiger partial charge in [-0.15, -0.1) is 0 Å². The molecule has 0 spiro atoms. The minimum absolute atomic E-state index is 0.0281. The molecule has 2 nitrogen and oxygen atoms in total. The zero-order valence-corrected chi connectivity index (χ0v) is 13.1. The number of hydrogen-bond donors (Lipinski definition) is 0. The molecule has 1 unspecified atom stereocenters. The van der Waals surface area contributed by atoms with E-state index in [9.17, 15) is 4.79 Å². The van der Waals surface area contributed by atoms with Crippen molar-refractivity contribution in [2.45, 2.75) is 52.0 Å². The maximum absolute atomic E-state index is 12.5. The average molecular weight is 273 g/mol. The first-order valence-electron chi connectivity index (χ1n) is 7.89. The number of nitrogens with zero attached hydrogens (tertiary/aromatic N) is 1. The number of ketones is 1. The van der Waals surface area contributed by atoms with Crippen molar-refractivity contribution in [2.24, 2.45) is 5.92 Å². The normalized spacial score (nSPS) is 18.2. The number of hydrogen-bond acceptors (Lipinski definition) is 2. The molecular weight excluding hydrogens is 246 g/mol. The standard InChI is InChI=1S/C18H27NO/c1-14-9-11-17(12-10-14)18(20)15(2)19(3)13-16-7-5-4-6-8-16/h9-12,15-16H,4-8,13H2,1-3H3. The Bertz CT molecular complexity index is 431. The smallest absolute Gasteiger partial charge is 0.179 e. The Kier molecular flexibility index (Phi) is 5.36. The minimum Gasteiger partial charge on any atom is -0.296 e. The third-order valence-corrected chi connectivity index (χ3v) is 4.65. The highest BCUT2D eigenvalue weighted by atomic mass is 16.1. The molecule has 2 heteroatoms. The SMILES string of the molecule is Cc1ccc(C(=O)C(C)N(C)CC2CCCCC2)cc1. The van der Waals surface area contributed by atoms with E-state index in [4.69, 9.17) is 0 Å². The van der Waals surface area contributed by atoms with Crippen molar-refractivity contribution in [3.63, 3.8) is 0 Å². The number of aryl methyl sites for hydroxylation is 1. The first-order chi connectivity index (χ1) is 9.58. The van der Waals surface area contributed by atoms with Crippen molar-refractivity contribution in [3.05, 3.63) is 35.4 Å². The molecule has 0 amide bonds. The molecule has 110 valence electrons. The van der Waals surface area contributed by atoms with Gasteiger partial charge in [-0.1, -0.05) is 49.1 Å². The third kappa shape index (κ3) is 3.92. The lowest BCUT2D eigenvalue weighted by molar-refractivity contribution is 0.0842. The lowest BCUT2D eigenvalue weighted by Gasteiger charge is -2.30. The van der Waals surface area contributed by atoms with Crippen LogP contribution in [-0.4, -0.2) is 30.3 Å². The molecule has 1 atom stereocenters. The zero-order chi connectivity index (χ0) is 14.5. The van der Waals surface area contributed by atoms with Gasteiger partial charge >= 0.3 is 0 Å². The summed E-state index contributed by atoms with van der Waals surface area (Å²) in [6.07, 6.45) is 6.77. The Hall–Kier alpha value is -1.15. The summed E-state index contributed by atoms with van der Waals surface area (Å²) in [5, 5.41) is 0. The summed E-state index contributed by atoms with van der Waals surface area (Å²) in [6, 6.07) is 7.90. The van der Waals surface area contributed by atoms with Crippen LogP contribution < -0.4 is 0 Å². The number of likely N-dealkylation sites (N-methyl/N-ethyl adjacent to an activating group) is 1. The predicted molar refractivity (Wildman–Crippen MR) is 84.2 cm³/mol. The molecule has 1 aliphatic rings. The lowest BCUT2D eigenvalue weighted by atomic mass is 9.88. The van der Waals surface area contributed by atoms with Crippen molar-refractivity contribution < 1.29 is 4.79 Å². The van der Waals surface area contributed by atoms with Crippen molar-refractivity contribution in [3.8, 4) is 0 Å². The van der Waals surface area contributed by atoms with Crippen LogP contribution in [0.5, 0.6) is 0 Å². The summed E-state index contributed by atoms with van der Waals surface area (Å²) in [5.41, 5.74) is 2.03. The van der Waals surface area contributed by atoms with Gasteiger partial charge in [0, 0.05) is 12.1 Å². The number of rotatable bonds is 5. The maximum atomic E-state index is 12.5. The highest BCUT2D eigenvalue weighted by Crippen LogP contribution is 2.24. The van der Waals surface area contributed by atoms with Gasteiger partial charge in [0.05, 0.1) is 6.04 Å². The largest absolute Gasteiger partial charge is 0.296 e. The Labute approximate surface area is 123 Å². The number of carbonyl (C=O) groups excluding carboxylic acids is 1. The van der Waals surface area contributed by atoms with Crippen LogP contribution in [0.1, 0.15) is 54.9 Å². The van der Waals surface area contributed by atoms with Gasteiger partial charge in [0.1, 0.15) is 0 Å². The van der Waals surface area contributed by atoms with Gasteiger partial charge in [0.2, 0.25) is 0 Å². The Morgan fingerprint density at radius 1 is 1.20 bits per heavy atom. The van der Waals surface area contributed by atoms with E-state index in [0.717, 1.165) is 18.0 Å². The molecule has 1 fully saturated rings. The molecule has 0 bridgehead atoms. The van der Waals surface area contributed by atoms with E-state index in [1.54, 1.807) is 0 Å². The first-order valence-corrected chi connectivity index (χ1v) is 7.89. The number of Topliss-reactive ketones (excluding diaryl/α,β-unsaturated/α-hetero) is 1. The molecule has 0 saturated heterocycles. The summed E-state index contributed by atoms with van der Waals surface area (Å²) in [7, 11) is 2.09. The predicted octanol–water partition coefficient (Wildman–Crippen LogP) is 4.08. The van der Waals surface area contributed by atoms with Crippen molar-refractivity contribution in [1.82, 2.24) is 4.90 Å². The second-order valence-electron chi connectivity index (χ2n) is 6.35. The van der Waals surface area contributed by atoms with E-state index < -0.39 is 0 Å². The summed E-state index contributed by atoms with van der Waals surface area (Å²) in [5.74, 6) is 1.02. The van der Waals surface area contributed by atoms with Gasteiger partial charge in [-0.3, -0.25) is 9.69 Å². The van der Waals surface area contributed by atoms with E-state index in [1.807, 2.05) is 38.1 Å². The molecule has 0 aromatic heterocycles. The average Bonchev–Trinajstić information content (AvgIpc) is 2.47. The fourth-order valence-electron chi connectivity index (χ4n) is 3.09. The van der Waals surface area contributed by atoms with Gasteiger partial charge in [0.25, 0.3) is 0 Å². The lowest BCUT2D eigenvalue weighted by Crippen LogP contribution is -2.39. The molecule has 0 heterocycles. The topological polar surface area (TPSA) is 20.3 Å².